The molecule has 5 heteroatoms. The van der Waals surface area contributed by atoms with Crippen molar-refractivity contribution in [2.24, 2.45) is 0 Å². The summed E-state index contributed by atoms with van der Waals surface area (Å²) in [6.07, 6.45) is 0. The van der Waals surface area contributed by atoms with Crippen molar-refractivity contribution >= 4 is 25.6 Å². The highest BCUT2D eigenvalue weighted by molar-refractivity contribution is 6.77. The van der Waals surface area contributed by atoms with Crippen LogP contribution >= 0.6 is 11.6 Å². The number of hydrogen-bond acceptors (Lipinski definition) is 3. The van der Waals surface area contributed by atoms with Crippen LogP contribution in [0.5, 0.6) is 0 Å². The summed E-state index contributed by atoms with van der Waals surface area (Å²) in [5, 5.41) is 1.47. The average molecular weight is 275 g/mol. The van der Waals surface area contributed by atoms with E-state index in [1.54, 1.807) is 0 Å². The number of benzene rings is 1. The number of rotatable bonds is 7. The Balaban J connectivity index is 3.14. The van der Waals surface area contributed by atoms with Gasteiger partial charge in [0, 0.05) is 30.0 Å². The van der Waals surface area contributed by atoms with Crippen LogP contribution in [0.3, 0.4) is 0 Å². The van der Waals surface area contributed by atoms with Gasteiger partial charge in [-0.1, -0.05) is 29.8 Å². The summed E-state index contributed by atoms with van der Waals surface area (Å²) in [7, 11) is -2.85. The van der Waals surface area contributed by atoms with E-state index < -0.39 is 8.80 Å². The summed E-state index contributed by atoms with van der Waals surface area (Å²) in [6.45, 7) is 7.40. The van der Waals surface area contributed by atoms with Crippen LogP contribution in [0.1, 0.15) is 20.8 Å². The summed E-state index contributed by atoms with van der Waals surface area (Å²) in [4.78, 5) is 0. The Morgan fingerprint density at radius 1 is 0.941 bits per heavy atom. The van der Waals surface area contributed by atoms with Crippen molar-refractivity contribution in [3.8, 4) is 0 Å². The van der Waals surface area contributed by atoms with E-state index >= 15 is 0 Å². The Hall–Kier alpha value is -0.393. The Morgan fingerprint density at radius 2 is 1.41 bits per heavy atom. The van der Waals surface area contributed by atoms with Crippen LogP contribution < -0.4 is 5.19 Å². The Labute approximate surface area is 109 Å². The quantitative estimate of drug-likeness (QED) is 0.716. The average Bonchev–Trinajstić information content (AvgIpc) is 2.30. The minimum atomic E-state index is -2.85. The molecular formula is C12H19ClO3Si. The normalized spacial score (nSPS) is 11.8. The summed E-state index contributed by atoms with van der Waals surface area (Å²) in [5.74, 6) is 0. The second-order valence-electron chi connectivity index (χ2n) is 3.34. The molecule has 1 rings (SSSR count). The van der Waals surface area contributed by atoms with E-state index in [0.29, 0.717) is 24.8 Å². The summed E-state index contributed by atoms with van der Waals surface area (Å²) < 4.78 is 17.4. The van der Waals surface area contributed by atoms with Gasteiger partial charge in [-0.2, -0.15) is 0 Å². The predicted molar refractivity (Wildman–Crippen MR) is 71.7 cm³/mol. The lowest BCUT2D eigenvalue weighted by molar-refractivity contribution is 0.0859. The topological polar surface area (TPSA) is 27.7 Å². The molecule has 1 aromatic carbocycles. The van der Waals surface area contributed by atoms with E-state index in [2.05, 4.69) is 0 Å². The molecule has 0 aliphatic heterocycles. The van der Waals surface area contributed by atoms with Gasteiger partial charge in [-0.05, 0) is 26.8 Å². The van der Waals surface area contributed by atoms with Gasteiger partial charge in [-0.15, -0.1) is 0 Å². The molecule has 0 spiro atoms. The second kappa shape index (κ2) is 7.13. The highest BCUT2D eigenvalue weighted by Gasteiger charge is 2.44. The summed E-state index contributed by atoms with van der Waals surface area (Å²) in [6, 6.07) is 7.54. The first kappa shape index (κ1) is 14.7. The van der Waals surface area contributed by atoms with Gasteiger partial charge in [0.2, 0.25) is 0 Å². The zero-order valence-corrected chi connectivity index (χ0v) is 12.3. The van der Waals surface area contributed by atoms with Crippen molar-refractivity contribution < 1.29 is 13.3 Å². The Kier molecular flexibility index (Phi) is 6.15. The van der Waals surface area contributed by atoms with Crippen molar-refractivity contribution in [1.29, 1.82) is 0 Å². The van der Waals surface area contributed by atoms with Gasteiger partial charge in [0.1, 0.15) is 0 Å². The standard InChI is InChI=1S/C12H19ClO3Si/c1-4-14-17(15-5-2,16-6-3)12-10-8-7-9-11(12)13/h7-10H,4-6H2,1-3H3. The molecule has 0 aliphatic carbocycles. The molecule has 0 heterocycles. The van der Waals surface area contributed by atoms with Crippen molar-refractivity contribution in [2.45, 2.75) is 20.8 Å². The minimum Gasteiger partial charge on any atom is -0.370 e. The fourth-order valence-corrected chi connectivity index (χ4v) is 4.65. The summed E-state index contributed by atoms with van der Waals surface area (Å²) >= 11 is 6.21. The first-order valence-corrected chi connectivity index (χ1v) is 7.97. The lowest BCUT2D eigenvalue weighted by Crippen LogP contribution is -2.57. The molecule has 1 aromatic rings. The van der Waals surface area contributed by atoms with Gasteiger partial charge >= 0.3 is 8.80 Å². The molecule has 0 bridgehead atoms. The maximum absolute atomic E-state index is 6.21. The smallest absolute Gasteiger partial charge is 0.370 e. The molecule has 0 N–H and O–H groups in total. The Morgan fingerprint density at radius 3 is 1.82 bits per heavy atom. The molecule has 0 atom stereocenters. The van der Waals surface area contributed by atoms with E-state index in [4.69, 9.17) is 24.9 Å². The predicted octanol–water partition coefficient (Wildman–Crippen LogP) is 2.60. The van der Waals surface area contributed by atoms with E-state index in [1.807, 2.05) is 45.0 Å². The first-order valence-electron chi connectivity index (χ1n) is 5.87. The maximum Gasteiger partial charge on any atom is 0.538 e. The zero-order chi connectivity index (χ0) is 12.7. The van der Waals surface area contributed by atoms with E-state index in [0.717, 1.165) is 5.19 Å². The molecule has 17 heavy (non-hydrogen) atoms. The maximum atomic E-state index is 6.21. The van der Waals surface area contributed by atoms with Gasteiger partial charge in [0.15, 0.2) is 0 Å². The van der Waals surface area contributed by atoms with E-state index in [9.17, 15) is 0 Å². The molecular weight excluding hydrogens is 256 g/mol. The lowest BCUT2D eigenvalue weighted by atomic mass is 10.4. The number of hydrogen-bond donors (Lipinski definition) is 0. The SMILES string of the molecule is CCO[Si](OCC)(OCC)c1ccccc1Cl. The summed E-state index contributed by atoms with van der Waals surface area (Å²) in [5.41, 5.74) is 0. The van der Waals surface area contributed by atoms with Gasteiger partial charge < -0.3 is 13.3 Å². The largest absolute Gasteiger partial charge is 0.538 e. The van der Waals surface area contributed by atoms with Crippen molar-refractivity contribution in [2.75, 3.05) is 19.8 Å². The highest BCUT2D eigenvalue weighted by Crippen LogP contribution is 2.16. The van der Waals surface area contributed by atoms with Crippen LogP contribution in [0.15, 0.2) is 24.3 Å². The lowest BCUT2D eigenvalue weighted by Gasteiger charge is -2.29. The fraction of sp³-hybridized carbons (Fsp3) is 0.500. The van der Waals surface area contributed by atoms with Crippen molar-refractivity contribution in [3.05, 3.63) is 29.3 Å². The second-order valence-corrected chi connectivity index (χ2v) is 6.26. The molecule has 0 saturated carbocycles. The zero-order valence-electron chi connectivity index (χ0n) is 10.5. The van der Waals surface area contributed by atoms with Crippen LogP contribution in [0.2, 0.25) is 5.02 Å². The van der Waals surface area contributed by atoms with Crippen LogP contribution in [0, 0.1) is 0 Å². The van der Waals surface area contributed by atoms with Crippen LogP contribution in [-0.2, 0) is 13.3 Å². The first-order chi connectivity index (χ1) is 8.20. The van der Waals surface area contributed by atoms with Gasteiger partial charge in [0.05, 0.1) is 0 Å². The molecule has 0 amide bonds. The van der Waals surface area contributed by atoms with Gasteiger partial charge in [-0.25, -0.2) is 0 Å². The van der Waals surface area contributed by atoms with Crippen LogP contribution in [0.4, 0.5) is 0 Å². The molecule has 0 unspecified atom stereocenters. The molecule has 96 valence electrons. The van der Waals surface area contributed by atoms with Crippen LogP contribution in [0.25, 0.3) is 0 Å². The van der Waals surface area contributed by atoms with Crippen LogP contribution in [-0.4, -0.2) is 28.6 Å². The molecule has 0 fully saturated rings. The third-order valence-corrected chi connectivity index (χ3v) is 5.80. The Bertz CT molecular complexity index is 329. The molecule has 0 aromatic heterocycles. The third kappa shape index (κ3) is 3.53. The third-order valence-electron chi connectivity index (χ3n) is 2.21. The fourth-order valence-electron chi connectivity index (χ4n) is 1.64. The monoisotopic (exact) mass is 274 g/mol. The molecule has 0 aliphatic rings. The van der Waals surface area contributed by atoms with E-state index in [1.165, 1.54) is 0 Å². The van der Waals surface area contributed by atoms with Gasteiger partial charge in [0.25, 0.3) is 0 Å². The van der Waals surface area contributed by atoms with Gasteiger partial charge in [-0.3, -0.25) is 0 Å². The molecule has 0 radical (unpaired) electrons. The minimum absolute atomic E-state index is 0.539. The molecule has 3 nitrogen and oxygen atoms in total. The van der Waals surface area contributed by atoms with E-state index in [-0.39, 0.29) is 0 Å². The number of halogens is 1. The van der Waals surface area contributed by atoms with Crippen molar-refractivity contribution in [1.82, 2.24) is 0 Å². The van der Waals surface area contributed by atoms with Crippen molar-refractivity contribution in [3.63, 3.8) is 0 Å². The molecule has 0 saturated heterocycles. The highest BCUT2D eigenvalue weighted by atomic mass is 35.5.